The number of likely N-dealkylation sites (tertiary alicyclic amines) is 1. The van der Waals surface area contributed by atoms with Gasteiger partial charge in [0.1, 0.15) is 0 Å². The molecule has 0 bridgehead atoms. The van der Waals surface area contributed by atoms with Gasteiger partial charge in [-0.05, 0) is 25.7 Å². The van der Waals surface area contributed by atoms with E-state index in [-0.39, 0.29) is 25.0 Å². The molecule has 1 heterocycles. The SMILES string of the molecule is COC(CNC(=O)N1CCCC(C)C1C)CC(=O)O. The first-order valence-electron chi connectivity index (χ1n) is 6.74. The highest BCUT2D eigenvalue weighted by molar-refractivity contribution is 5.75. The maximum atomic E-state index is 12.1. The number of nitrogens with zero attached hydrogens (tertiary/aromatic N) is 1. The molecule has 3 unspecified atom stereocenters. The van der Waals surface area contributed by atoms with Gasteiger partial charge in [0.15, 0.2) is 0 Å². The monoisotopic (exact) mass is 272 g/mol. The van der Waals surface area contributed by atoms with Crippen molar-refractivity contribution in [1.29, 1.82) is 0 Å². The lowest BCUT2D eigenvalue weighted by atomic mass is 9.92. The van der Waals surface area contributed by atoms with Crippen LogP contribution in [0.4, 0.5) is 4.79 Å². The van der Waals surface area contributed by atoms with E-state index in [9.17, 15) is 9.59 Å². The summed E-state index contributed by atoms with van der Waals surface area (Å²) in [5.41, 5.74) is 0. The van der Waals surface area contributed by atoms with Crippen molar-refractivity contribution in [3.63, 3.8) is 0 Å². The summed E-state index contributed by atoms with van der Waals surface area (Å²) in [6.45, 7) is 5.17. The first kappa shape index (κ1) is 15.8. The highest BCUT2D eigenvalue weighted by Crippen LogP contribution is 2.22. The minimum atomic E-state index is -0.930. The Morgan fingerprint density at radius 3 is 2.74 bits per heavy atom. The number of carbonyl (C=O) groups is 2. The smallest absolute Gasteiger partial charge is 0.317 e. The summed E-state index contributed by atoms with van der Waals surface area (Å²) in [5, 5.41) is 11.5. The van der Waals surface area contributed by atoms with Gasteiger partial charge in [0, 0.05) is 26.2 Å². The molecule has 6 nitrogen and oxygen atoms in total. The summed E-state index contributed by atoms with van der Waals surface area (Å²) in [7, 11) is 1.45. The number of carboxylic acids is 1. The van der Waals surface area contributed by atoms with Gasteiger partial charge in [-0.3, -0.25) is 4.79 Å². The number of hydrogen-bond acceptors (Lipinski definition) is 3. The fraction of sp³-hybridized carbons (Fsp3) is 0.846. The minimum Gasteiger partial charge on any atom is -0.481 e. The van der Waals surface area contributed by atoms with Crippen molar-refractivity contribution in [2.24, 2.45) is 5.92 Å². The molecule has 2 amide bonds. The maximum Gasteiger partial charge on any atom is 0.317 e. The molecule has 1 aliphatic heterocycles. The van der Waals surface area contributed by atoms with Crippen LogP contribution >= 0.6 is 0 Å². The van der Waals surface area contributed by atoms with Gasteiger partial charge < -0.3 is 20.1 Å². The van der Waals surface area contributed by atoms with Crippen molar-refractivity contribution >= 4 is 12.0 Å². The van der Waals surface area contributed by atoms with Crippen molar-refractivity contribution in [1.82, 2.24) is 10.2 Å². The molecule has 2 N–H and O–H groups in total. The third-order valence-corrected chi connectivity index (χ3v) is 3.85. The van der Waals surface area contributed by atoms with E-state index in [1.165, 1.54) is 7.11 Å². The van der Waals surface area contributed by atoms with E-state index in [4.69, 9.17) is 9.84 Å². The molecular formula is C13H24N2O4. The van der Waals surface area contributed by atoms with Gasteiger partial charge in [0.05, 0.1) is 12.5 Å². The van der Waals surface area contributed by atoms with Crippen molar-refractivity contribution in [2.75, 3.05) is 20.2 Å². The van der Waals surface area contributed by atoms with Gasteiger partial charge in [0.2, 0.25) is 0 Å². The second-order valence-corrected chi connectivity index (χ2v) is 5.20. The van der Waals surface area contributed by atoms with Crippen LogP contribution in [0.2, 0.25) is 0 Å². The first-order valence-corrected chi connectivity index (χ1v) is 6.74. The predicted molar refractivity (Wildman–Crippen MR) is 71.0 cm³/mol. The average molecular weight is 272 g/mol. The lowest BCUT2D eigenvalue weighted by molar-refractivity contribution is -0.139. The molecule has 1 rings (SSSR count). The average Bonchev–Trinajstić information content (AvgIpc) is 2.37. The summed E-state index contributed by atoms with van der Waals surface area (Å²) >= 11 is 0. The number of aliphatic carboxylic acids is 1. The molecule has 0 saturated carbocycles. The summed E-state index contributed by atoms with van der Waals surface area (Å²) in [6, 6.07) is 0.0840. The van der Waals surface area contributed by atoms with Crippen molar-refractivity contribution < 1.29 is 19.4 Å². The normalized spacial score (nSPS) is 24.9. The van der Waals surface area contributed by atoms with Crippen LogP contribution < -0.4 is 5.32 Å². The zero-order valence-corrected chi connectivity index (χ0v) is 11.9. The van der Waals surface area contributed by atoms with Crippen LogP contribution in [0.25, 0.3) is 0 Å². The van der Waals surface area contributed by atoms with Crippen molar-refractivity contribution in [2.45, 2.75) is 45.3 Å². The summed E-state index contributed by atoms with van der Waals surface area (Å²) in [5.74, 6) is -0.433. The topological polar surface area (TPSA) is 78.9 Å². The molecule has 0 aromatic heterocycles. The fourth-order valence-electron chi connectivity index (χ4n) is 2.36. The zero-order valence-electron chi connectivity index (χ0n) is 11.9. The number of methoxy groups -OCH3 is 1. The Hall–Kier alpha value is -1.30. The van der Waals surface area contributed by atoms with E-state index >= 15 is 0 Å². The standard InChI is InChI=1S/C13H24N2O4/c1-9-5-4-6-15(10(9)2)13(18)14-8-11(19-3)7-12(16)17/h9-11H,4-8H2,1-3H3,(H,14,18)(H,16,17). The summed E-state index contributed by atoms with van der Waals surface area (Å²) < 4.78 is 5.03. The Morgan fingerprint density at radius 1 is 1.47 bits per heavy atom. The molecule has 1 aliphatic rings. The van der Waals surface area contributed by atoms with Crippen molar-refractivity contribution in [3.8, 4) is 0 Å². The van der Waals surface area contributed by atoms with E-state index in [0.29, 0.717) is 5.92 Å². The van der Waals surface area contributed by atoms with E-state index in [1.807, 2.05) is 4.90 Å². The minimum absolute atomic E-state index is 0.108. The summed E-state index contributed by atoms with van der Waals surface area (Å²) in [6.07, 6.45) is 1.56. The Bertz CT molecular complexity index is 322. The highest BCUT2D eigenvalue weighted by Gasteiger charge is 2.28. The molecule has 0 aromatic rings. The molecule has 3 atom stereocenters. The number of amides is 2. The van der Waals surface area contributed by atoms with Crippen LogP contribution in [0.5, 0.6) is 0 Å². The number of hydrogen-bond donors (Lipinski definition) is 2. The second-order valence-electron chi connectivity index (χ2n) is 5.20. The second kappa shape index (κ2) is 7.33. The van der Waals surface area contributed by atoms with Gasteiger partial charge in [-0.1, -0.05) is 6.92 Å². The lowest BCUT2D eigenvalue weighted by Crippen LogP contribution is -2.51. The molecular weight excluding hydrogens is 248 g/mol. The molecule has 1 fully saturated rings. The molecule has 1 saturated heterocycles. The summed E-state index contributed by atoms with van der Waals surface area (Å²) in [4.78, 5) is 24.5. The molecule has 110 valence electrons. The Labute approximate surface area is 114 Å². The van der Waals surface area contributed by atoms with E-state index in [0.717, 1.165) is 19.4 Å². The fourth-order valence-corrected chi connectivity index (χ4v) is 2.36. The molecule has 19 heavy (non-hydrogen) atoms. The van der Waals surface area contributed by atoms with Crippen LogP contribution in [0.15, 0.2) is 0 Å². The van der Waals surface area contributed by atoms with Gasteiger partial charge in [-0.2, -0.15) is 0 Å². The maximum absolute atomic E-state index is 12.1. The van der Waals surface area contributed by atoms with E-state index in [1.54, 1.807) is 0 Å². The Balaban J connectivity index is 2.43. The zero-order chi connectivity index (χ0) is 14.4. The predicted octanol–water partition coefficient (Wildman–Crippen LogP) is 1.31. The van der Waals surface area contributed by atoms with Crippen LogP contribution in [0.3, 0.4) is 0 Å². The Morgan fingerprint density at radius 2 is 2.16 bits per heavy atom. The van der Waals surface area contributed by atoms with Crippen LogP contribution in [-0.2, 0) is 9.53 Å². The molecule has 0 aromatic carbocycles. The number of urea groups is 1. The van der Waals surface area contributed by atoms with Gasteiger partial charge >= 0.3 is 12.0 Å². The lowest BCUT2D eigenvalue weighted by Gasteiger charge is -2.38. The van der Waals surface area contributed by atoms with E-state index < -0.39 is 12.1 Å². The van der Waals surface area contributed by atoms with Gasteiger partial charge in [-0.15, -0.1) is 0 Å². The van der Waals surface area contributed by atoms with Crippen molar-refractivity contribution in [3.05, 3.63) is 0 Å². The molecule has 6 heteroatoms. The highest BCUT2D eigenvalue weighted by atomic mass is 16.5. The number of carboxylic acid groups (broad SMARTS) is 1. The van der Waals surface area contributed by atoms with Crippen LogP contribution in [0, 0.1) is 5.92 Å². The Kier molecular flexibility index (Phi) is 6.08. The molecule has 0 radical (unpaired) electrons. The van der Waals surface area contributed by atoms with Crippen LogP contribution in [0.1, 0.15) is 33.1 Å². The first-order chi connectivity index (χ1) is 8.95. The quantitative estimate of drug-likeness (QED) is 0.791. The van der Waals surface area contributed by atoms with Gasteiger partial charge in [-0.25, -0.2) is 4.79 Å². The number of ether oxygens (including phenoxy) is 1. The number of nitrogens with one attached hydrogen (secondary N) is 1. The van der Waals surface area contributed by atoms with E-state index in [2.05, 4.69) is 19.2 Å². The van der Waals surface area contributed by atoms with Gasteiger partial charge in [0.25, 0.3) is 0 Å². The van der Waals surface area contributed by atoms with Crippen LogP contribution in [-0.4, -0.2) is 54.4 Å². The largest absolute Gasteiger partial charge is 0.481 e. The molecule has 0 spiro atoms. The number of piperidine rings is 1. The number of rotatable bonds is 5. The molecule has 0 aliphatic carbocycles. The third-order valence-electron chi connectivity index (χ3n) is 3.85. The number of carbonyl (C=O) groups excluding carboxylic acids is 1. The third kappa shape index (κ3) is 4.70.